The van der Waals surface area contributed by atoms with E-state index in [1.807, 2.05) is 12.2 Å². The highest BCUT2D eigenvalue weighted by Crippen LogP contribution is 2.17. The number of carbonyl (C=O) groups is 1. The minimum Gasteiger partial charge on any atom is -0.389 e. The van der Waals surface area contributed by atoms with Crippen molar-refractivity contribution in [3.63, 3.8) is 0 Å². The molecule has 1 rings (SSSR count). The molecule has 0 amide bonds. The molecule has 1 aliphatic carbocycles. The van der Waals surface area contributed by atoms with Crippen LogP contribution in [-0.4, -0.2) is 17.0 Å². The molecule has 0 aliphatic heterocycles. The third-order valence-electron chi connectivity index (χ3n) is 1.89. The van der Waals surface area contributed by atoms with Crippen LogP contribution < -0.4 is 0 Å². The van der Waals surface area contributed by atoms with E-state index in [-0.39, 0.29) is 12.2 Å². The lowest BCUT2D eigenvalue weighted by Gasteiger charge is -1.92. The van der Waals surface area contributed by atoms with E-state index in [9.17, 15) is 4.79 Å². The van der Waals surface area contributed by atoms with Crippen molar-refractivity contribution in [2.75, 3.05) is 0 Å². The third kappa shape index (κ3) is 2.31. The van der Waals surface area contributed by atoms with Gasteiger partial charge in [-0.3, -0.25) is 4.79 Å². The van der Waals surface area contributed by atoms with Crippen molar-refractivity contribution in [1.82, 2.24) is 0 Å². The Hall–Kier alpha value is -0.890. The van der Waals surface area contributed by atoms with E-state index in [4.69, 9.17) is 5.11 Å². The molecule has 1 atom stereocenters. The number of hydrogen-bond acceptors (Lipinski definition) is 2. The zero-order chi connectivity index (χ0) is 8.97. The molecule has 0 aromatic carbocycles. The fraction of sp³-hybridized carbons (Fsp3) is 0.500. The summed E-state index contributed by atoms with van der Waals surface area (Å²) in [7, 11) is 0. The van der Waals surface area contributed by atoms with E-state index >= 15 is 0 Å². The monoisotopic (exact) mass is 166 g/mol. The highest BCUT2D eigenvalue weighted by Gasteiger charge is 2.20. The average molecular weight is 166 g/mol. The standard InChI is InChI=1S/C10H14O2/c1-2-3-4-5-8-6-9(11)7-10(8)12/h3-4,6,9,11H,2,5,7H2,1H3/b4-3+. The second-order valence-corrected chi connectivity index (χ2v) is 2.97. The zero-order valence-corrected chi connectivity index (χ0v) is 7.29. The van der Waals surface area contributed by atoms with Gasteiger partial charge in [-0.1, -0.05) is 19.1 Å². The van der Waals surface area contributed by atoms with Crippen LogP contribution in [0.1, 0.15) is 26.2 Å². The summed E-state index contributed by atoms with van der Waals surface area (Å²) in [4.78, 5) is 11.1. The SMILES string of the molecule is CC/C=C/CC1=CC(O)CC1=O. The molecule has 12 heavy (non-hydrogen) atoms. The minimum absolute atomic E-state index is 0.0863. The lowest BCUT2D eigenvalue weighted by molar-refractivity contribution is -0.115. The number of Topliss-reactive ketones (excluding diaryl/α,β-unsaturated/α-hetero) is 1. The van der Waals surface area contributed by atoms with Crippen LogP contribution in [0.15, 0.2) is 23.8 Å². The fourth-order valence-corrected chi connectivity index (χ4v) is 1.26. The topological polar surface area (TPSA) is 37.3 Å². The quantitative estimate of drug-likeness (QED) is 0.646. The van der Waals surface area contributed by atoms with Crippen LogP contribution in [-0.2, 0) is 4.79 Å². The number of hydrogen-bond donors (Lipinski definition) is 1. The predicted molar refractivity (Wildman–Crippen MR) is 47.8 cm³/mol. The molecule has 2 heteroatoms. The van der Waals surface area contributed by atoms with E-state index in [2.05, 4.69) is 6.92 Å². The number of aliphatic hydroxyl groups is 1. The Bertz CT molecular complexity index is 226. The van der Waals surface area contributed by atoms with Gasteiger partial charge in [0.2, 0.25) is 0 Å². The Morgan fingerprint density at radius 3 is 2.92 bits per heavy atom. The van der Waals surface area contributed by atoms with E-state index < -0.39 is 6.10 Å². The van der Waals surface area contributed by atoms with Crippen LogP contribution >= 0.6 is 0 Å². The van der Waals surface area contributed by atoms with Crippen molar-refractivity contribution in [3.8, 4) is 0 Å². The molecule has 0 bridgehead atoms. The van der Waals surface area contributed by atoms with Gasteiger partial charge in [-0.2, -0.15) is 0 Å². The summed E-state index contributed by atoms with van der Waals surface area (Å²) in [5.41, 5.74) is 0.757. The van der Waals surface area contributed by atoms with E-state index in [0.29, 0.717) is 6.42 Å². The molecule has 0 spiro atoms. The summed E-state index contributed by atoms with van der Waals surface area (Å²) in [6.07, 6.45) is 7.05. The Morgan fingerprint density at radius 2 is 2.42 bits per heavy atom. The highest BCUT2D eigenvalue weighted by molar-refractivity contribution is 5.98. The molecule has 66 valence electrons. The van der Waals surface area contributed by atoms with Gasteiger partial charge < -0.3 is 5.11 Å². The van der Waals surface area contributed by atoms with E-state index in [1.165, 1.54) is 0 Å². The van der Waals surface area contributed by atoms with Gasteiger partial charge in [-0.25, -0.2) is 0 Å². The van der Waals surface area contributed by atoms with Crippen LogP contribution in [0.3, 0.4) is 0 Å². The number of rotatable bonds is 3. The molecule has 0 fully saturated rings. The molecule has 2 nitrogen and oxygen atoms in total. The molecule has 0 aromatic heterocycles. The zero-order valence-electron chi connectivity index (χ0n) is 7.29. The normalized spacial score (nSPS) is 23.7. The number of ketones is 1. The fourth-order valence-electron chi connectivity index (χ4n) is 1.26. The third-order valence-corrected chi connectivity index (χ3v) is 1.89. The van der Waals surface area contributed by atoms with Crippen LogP contribution in [0, 0.1) is 0 Å². The summed E-state index contributed by atoms with van der Waals surface area (Å²) in [5, 5.41) is 9.11. The molecule has 1 unspecified atom stereocenters. The smallest absolute Gasteiger partial charge is 0.161 e. The van der Waals surface area contributed by atoms with Crippen molar-refractivity contribution in [2.24, 2.45) is 0 Å². The van der Waals surface area contributed by atoms with Crippen LogP contribution in [0.4, 0.5) is 0 Å². The van der Waals surface area contributed by atoms with Crippen molar-refractivity contribution in [3.05, 3.63) is 23.8 Å². The largest absolute Gasteiger partial charge is 0.389 e. The van der Waals surface area contributed by atoms with Gasteiger partial charge in [0.25, 0.3) is 0 Å². The Kier molecular flexibility index (Phi) is 3.23. The van der Waals surface area contributed by atoms with Crippen LogP contribution in [0.25, 0.3) is 0 Å². The first-order chi connectivity index (χ1) is 5.74. The average Bonchev–Trinajstić information content (AvgIpc) is 2.31. The Morgan fingerprint density at radius 1 is 1.67 bits per heavy atom. The number of aliphatic hydroxyl groups excluding tert-OH is 1. The van der Waals surface area contributed by atoms with Crippen LogP contribution in [0.2, 0.25) is 0 Å². The summed E-state index contributed by atoms with van der Waals surface area (Å²) in [6, 6.07) is 0. The van der Waals surface area contributed by atoms with Crippen molar-refractivity contribution in [2.45, 2.75) is 32.3 Å². The van der Waals surface area contributed by atoms with Gasteiger partial charge in [0.15, 0.2) is 5.78 Å². The molecular weight excluding hydrogens is 152 g/mol. The second-order valence-electron chi connectivity index (χ2n) is 2.97. The second kappa shape index (κ2) is 4.21. The molecule has 1 aliphatic rings. The van der Waals surface area contributed by atoms with E-state index in [1.54, 1.807) is 6.08 Å². The maximum Gasteiger partial charge on any atom is 0.161 e. The Labute approximate surface area is 72.6 Å². The molecule has 0 radical (unpaired) electrons. The predicted octanol–water partition coefficient (Wildman–Crippen LogP) is 1.60. The number of allylic oxidation sites excluding steroid dienone is 3. The molecule has 0 saturated carbocycles. The van der Waals surface area contributed by atoms with Crippen molar-refractivity contribution < 1.29 is 9.90 Å². The van der Waals surface area contributed by atoms with Gasteiger partial charge in [0.05, 0.1) is 6.10 Å². The highest BCUT2D eigenvalue weighted by atomic mass is 16.3. The molecule has 0 heterocycles. The minimum atomic E-state index is -0.539. The van der Waals surface area contributed by atoms with Gasteiger partial charge in [0.1, 0.15) is 0 Å². The molecule has 0 aromatic rings. The van der Waals surface area contributed by atoms with Gasteiger partial charge in [0, 0.05) is 6.42 Å². The van der Waals surface area contributed by atoms with Crippen molar-refractivity contribution in [1.29, 1.82) is 0 Å². The molecule has 0 saturated heterocycles. The maximum atomic E-state index is 11.1. The molecular formula is C10H14O2. The van der Waals surface area contributed by atoms with Crippen LogP contribution in [0.5, 0.6) is 0 Å². The van der Waals surface area contributed by atoms with Gasteiger partial charge >= 0.3 is 0 Å². The first kappa shape index (κ1) is 9.20. The summed E-state index contributed by atoms with van der Waals surface area (Å²) in [5.74, 6) is 0.0863. The lowest BCUT2D eigenvalue weighted by atomic mass is 10.1. The van der Waals surface area contributed by atoms with E-state index in [0.717, 1.165) is 12.0 Å². The van der Waals surface area contributed by atoms with Gasteiger partial charge in [-0.05, 0) is 24.5 Å². The first-order valence-electron chi connectivity index (χ1n) is 4.31. The summed E-state index contributed by atoms with van der Waals surface area (Å²) in [6.45, 7) is 2.05. The first-order valence-corrected chi connectivity index (χ1v) is 4.31. The lowest BCUT2D eigenvalue weighted by Crippen LogP contribution is -2.00. The van der Waals surface area contributed by atoms with Crippen molar-refractivity contribution >= 4 is 5.78 Å². The molecule has 1 N–H and O–H groups in total. The number of carbonyl (C=O) groups excluding carboxylic acids is 1. The summed E-state index contributed by atoms with van der Waals surface area (Å²) < 4.78 is 0. The Balaban J connectivity index is 2.47. The summed E-state index contributed by atoms with van der Waals surface area (Å²) >= 11 is 0. The van der Waals surface area contributed by atoms with Gasteiger partial charge in [-0.15, -0.1) is 0 Å². The maximum absolute atomic E-state index is 11.1.